The monoisotopic (exact) mass is 383 g/mol. The van der Waals surface area contributed by atoms with Crippen molar-refractivity contribution in [2.75, 3.05) is 0 Å². The second-order valence-electron chi connectivity index (χ2n) is 7.02. The molecule has 2 aromatic rings. The van der Waals surface area contributed by atoms with Crippen LogP contribution in [0, 0.1) is 12.8 Å². The molecule has 0 aromatic heterocycles. The van der Waals surface area contributed by atoms with Crippen molar-refractivity contribution in [1.82, 2.24) is 4.72 Å². The molecule has 0 fully saturated rings. The molecule has 0 amide bonds. The van der Waals surface area contributed by atoms with Gasteiger partial charge in [0.25, 0.3) is 0 Å². The molecule has 2 atom stereocenters. The molecular weight excluding hydrogens is 358 g/mol. The van der Waals surface area contributed by atoms with Crippen molar-refractivity contribution < 1.29 is 13.2 Å². The Hall–Kier alpha value is -2.24. The van der Waals surface area contributed by atoms with E-state index in [1.54, 1.807) is 30.3 Å². The molecule has 1 N–H and O–H groups in total. The van der Waals surface area contributed by atoms with Crippen LogP contribution in [0.5, 0.6) is 0 Å². The van der Waals surface area contributed by atoms with E-state index in [1.807, 2.05) is 43.3 Å². The number of nitrogens with one attached hydrogen (secondary N) is 1. The van der Waals surface area contributed by atoms with Gasteiger partial charge in [0.1, 0.15) is 0 Å². The second kappa shape index (κ2) is 8.63. The second-order valence-corrected chi connectivity index (χ2v) is 8.73. The first-order chi connectivity index (χ1) is 13.0. The van der Waals surface area contributed by atoms with Crippen LogP contribution in [0.1, 0.15) is 42.9 Å². The maximum absolute atomic E-state index is 13.0. The van der Waals surface area contributed by atoms with Crippen LogP contribution in [0.15, 0.2) is 71.6 Å². The maximum atomic E-state index is 13.0. The van der Waals surface area contributed by atoms with E-state index in [4.69, 9.17) is 0 Å². The van der Waals surface area contributed by atoms with Crippen LogP contribution in [-0.2, 0) is 14.8 Å². The number of rotatable bonds is 5. The van der Waals surface area contributed by atoms with Crippen molar-refractivity contribution in [3.8, 4) is 0 Å². The molecule has 0 saturated carbocycles. The number of carbonyl (C=O) groups excluding carboxylic acids is 1. The van der Waals surface area contributed by atoms with Crippen molar-refractivity contribution in [3.05, 3.63) is 77.9 Å². The summed E-state index contributed by atoms with van der Waals surface area (Å²) in [6.45, 7) is 1.91. The van der Waals surface area contributed by atoms with Crippen LogP contribution in [0.4, 0.5) is 0 Å². The Kier molecular flexibility index (Phi) is 6.24. The van der Waals surface area contributed by atoms with Crippen LogP contribution in [0.25, 0.3) is 0 Å². The highest BCUT2D eigenvalue weighted by atomic mass is 32.2. The lowest BCUT2D eigenvalue weighted by atomic mass is 9.84. The van der Waals surface area contributed by atoms with E-state index in [9.17, 15) is 13.2 Å². The van der Waals surface area contributed by atoms with Gasteiger partial charge in [-0.3, -0.25) is 4.79 Å². The minimum Gasteiger partial charge on any atom is -0.294 e. The third kappa shape index (κ3) is 4.93. The minimum atomic E-state index is -3.74. The first-order valence-corrected chi connectivity index (χ1v) is 10.8. The highest BCUT2D eigenvalue weighted by molar-refractivity contribution is 7.89. The van der Waals surface area contributed by atoms with E-state index < -0.39 is 22.0 Å². The summed E-state index contributed by atoms with van der Waals surface area (Å²) in [5.41, 5.74) is 1.80. The molecule has 0 bridgehead atoms. The van der Waals surface area contributed by atoms with Crippen LogP contribution in [0.2, 0.25) is 0 Å². The Bertz CT molecular complexity index is 902. The molecule has 4 nitrogen and oxygen atoms in total. The molecule has 0 spiro atoms. The Labute approximate surface area is 161 Å². The van der Waals surface area contributed by atoms with Gasteiger partial charge in [0.2, 0.25) is 10.0 Å². The smallest absolute Gasteiger partial charge is 0.241 e. The number of hydrogen-bond acceptors (Lipinski definition) is 3. The molecule has 142 valence electrons. The molecular formula is C22H25NO3S. The van der Waals surface area contributed by atoms with Gasteiger partial charge in [0, 0.05) is 5.92 Å². The van der Waals surface area contributed by atoms with Crippen LogP contribution >= 0.6 is 0 Å². The predicted octanol–water partition coefficient (Wildman–Crippen LogP) is 4.33. The SMILES string of the molecule is Cc1ccc(S(=O)(=O)NC(c2ccccc2)C2CCCC/C=C\C2=O)cc1. The highest BCUT2D eigenvalue weighted by Gasteiger charge is 2.32. The summed E-state index contributed by atoms with van der Waals surface area (Å²) >= 11 is 0. The quantitative estimate of drug-likeness (QED) is 0.836. The number of sulfonamides is 1. The summed E-state index contributed by atoms with van der Waals surface area (Å²) in [5, 5.41) is 0. The normalized spacial score (nSPS) is 20.5. The van der Waals surface area contributed by atoms with E-state index in [0.29, 0.717) is 6.42 Å². The average Bonchev–Trinajstić information content (AvgIpc) is 2.65. The van der Waals surface area contributed by atoms with Crippen LogP contribution < -0.4 is 4.72 Å². The van der Waals surface area contributed by atoms with Gasteiger partial charge in [-0.1, -0.05) is 60.5 Å². The molecule has 1 aliphatic carbocycles. The van der Waals surface area contributed by atoms with Crippen molar-refractivity contribution in [2.45, 2.75) is 43.5 Å². The van der Waals surface area contributed by atoms with Gasteiger partial charge in [0.05, 0.1) is 10.9 Å². The number of hydrogen-bond donors (Lipinski definition) is 1. The molecule has 27 heavy (non-hydrogen) atoms. The van der Waals surface area contributed by atoms with E-state index in [1.165, 1.54) is 0 Å². The fraction of sp³-hybridized carbons (Fsp3) is 0.318. The maximum Gasteiger partial charge on any atom is 0.241 e. The number of allylic oxidation sites excluding steroid dienone is 2. The molecule has 0 aliphatic heterocycles. The summed E-state index contributed by atoms with van der Waals surface area (Å²) in [5.74, 6) is -0.431. The van der Waals surface area contributed by atoms with Gasteiger partial charge in [-0.15, -0.1) is 0 Å². The standard InChI is InChI=1S/C22H25NO3S/c1-17-13-15-19(16-14-17)27(25,26)23-22(18-9-5-4-6-10-18)20-11-7-2-3-8-12-21(20)24/h4-6,8-10,12-16,20,22-23H,2-3,7,11H2,1H3/b12-8-. The average molecular weight is 384 g/mol. The third-order valence-electron chi connectivity index (χ3n) is 4.96. The topological polar surface area (TPSA) is 63.2 Å². The zero-order valence-electron chi connectivity index (χ0n) is 15.5. The minimum absolute atomic E-state index is 0.0184. The van der Waals surface area contributed by atoms with E-state index in [-0.39, 0.29) is 10.7 Å². The molecule has 2 aromatic carbocycles. The zero-order valence-corrected chi connectivity index (χ0v) is 16.3. The Morgan fingerprint density at radius 1 is 1.00 bits per heavy atom. The largest absolute Gasteiger partial charge is 0.294 e. The van der Waals surface area contributed by atoms with Gasteiger partial charge in [0.15, 0.2) is 5.78 Å². The molecule has 0 radical (unpaired) electrons. The van der Waals surface area contributed by atoms with Gasteiger partial charge >= 0.3 is 0 Å². The lowest BCUT2D eigenvalue weighted by molar-refractivity contribution is -0.119. The Balaban J connectivity index is 1.97. The van der Waals surface area contributed by atoms with Crippen LogP contribution in [-0.4, -0.2) is 14.2 Å². The number of ketones is 1. The molecule has 2 unspecified atom stereocenters. The van der Waals surface area contributed by atoms with E-state index in [2.05, 4.69) is 4.72 Å². The fourth-order valence-corrected chi connectivity index (χ4v) is 4.68. The summed E-state index contributed by atoms with van der Waals surface area (Å²) < 4.78 is 28.8. The Morgan fingerprint density at radius 3 is 2.41 bits per heavy atom. The predicted molar refractivity (Wildman–Crippen MR) is 107 cm³/mol. The molecule has 0 saturated heterocycles. The van der Waals surface area contributed by atoms with Crippen LogP contribution in [0.3, 0.4) is 0 Å². The number of carbonyl (C=O) groups is 1. The fourth-order valence-electron chi connectivity index (χ4n) is 3.42. The van der Waals surface area contributed by atoms with Crippen molar-refractivity contribution >= 4 is 15.8 Å². The first-order valence-electron chi connectivity index (χ1n) is 9.32. The molecule has 0 heterocycles. The summed E-state index contributed by atoms with van der Waals surface area (Å²) in [7, 11) is -3.74. The highest BCUT2D eigenvalue weighted by Crippen LogP contribution is 2.31. The first kappa shape index (κ1) is 19.5. The third-order valence-corrected chi connectivity index (χ3v) is 6.41. The van der Waals surface area contributed by atoms with Crippen molar-refractivity contribution in [2.24, 2.45) is 5.92 Å². The van der Waals surface area contributed by atoms with E-state index in [0.717, 1.165) is 30.4 Å². The lowest BCUT2D eigenvalue weighted by Crippen LogP contribution is -2.36. The summed E-state index contributed by atoms with van der Waals surface area (Å²) in [6, 6.07) is 15.5. The number of aryl methyl sites for hydroxylation is 1. The van der Waals surface area contributed by atoms with Gasteiger partial charge < -0.3 is 0 Å². The van der Waals surface area contributed by atoms with Gasteiger partial charge in [-0.2, -0.15) is 0 Å². The van der Waals surface area contributed by atoms with Crippen molar-refractivity contribution in [1.29, 1.82) is 0 Å². The summed E-state index contributed by atoms with van der Waals surface area (Å²) in [6.07, 6.45) is 6.97. The van der Waals surface area contributed by atoms with Gasteiger partial charge in [-0.25, -0.2) is 13.1 Å². The molecule has 1 aliphatic rings. The molecule has 3 rings (SSSR count). The zero-order chi connectivity index (χ0) is 19.3. The van der Waals surface area contributed by atoms with Gasteiger partial charge in [-0.05, 0) is 50.0 Å². The molecule has 5 heteroatoms. The van der Waals surface area contributed by atoms with Crippen molar-refractivity contribution in [3.63, 3.8) is 0 Å². The Morgan fingerprint density at radius 2 is 1.70 bits per heavy atom. The number of benzene rings is 2. The van der Waals surface area contributed by atoms with E-state index >= 15 is 0 Å². The summed E-state index contributed by atoms with van der Waals surface area (Å²) in [4.78, 5) is 12.9. The lowest BCUT2D eigenvalue weighted by Gasteiger charge is -2.27.